The molecule has 3 aliphatic carbocycles. The highest BCUT2D eigenvalue weighted by Crippen LogP contribution is 2.61. The summed E-state index contributed by atoms with van der Waals surface area (Å²) >= 11 is 0. The number of hydrogen-bond donors (Lipinski definition) is 1. The number of rotatable bonds is 1. The zero-order valence-electron chi connectivity index (χ0n) is 12.1. The third kappa shape index (κ3) is 1.65. The highest BCUT2D eigenvalue weighted by molar-refractivity contribution is 5.80. The average molecular weight is 260 g/mol. The maximum Gasteiger partial charge on any atom is 0.313 e. The zero-order chi connectivity index (χ0) is 13.7. The predicted octanol–water partition coefficient (Wildman–Crippen LogP) is 4.47. The Hall–Kier alpha value is -1.05. The second-order valence-corrected chi connectivity index (χ2v) is 6.84. The Labute approximate surface area is 115 Å². The normalized spacial score (nSPS) is 38.3. The lowest BCUT2D eigenvalue weighted by atomic mass is 9.51. The van der Waals surface area contributed by atoms with Gasteiger partial charge in [0.25, 0.3) is 0 Å². The summed E-state index contributed by atoms with van der Waals surface area (Å²) in [4.78, 5) is 12.0. The topological polar surface area (TPSA) is 37.3 Å². The first-order chi connectivity index (χ1) is 9.01. The number of carboxylic acid groups (broad SMARTS) is 1. The van der Waals surface area contributed by atoms with Crippen LogP contribution in [-0.2, 0) is 4.79 Å². The highest BCUT2D eigenvalue weighted by Gasteiger charge is 2.54. The lowest BCUT2D eigenvalue weighted by molar-refractivity contribution is -0.149. The molecule has 0 amide bonds. The van der Waals surface area contributed by atoms with Gasteiger partial charge in [-0.15, -0.1) is 0 Å². The van der Waals surface area contributed by atoms with Crippen LogP contribution in [-0.4, -0.2) is 11.1 Å². The fourth-order valence-electron chi connectivity index (χ4n) is 4.93. The van der Waals surface area contributed by atoms with Crippen LogP contribution in [0, 0.1) is 10.8 Å². The van der Waals surface area contributed by atoms with Crippen LogP contribution in [0.4, 0.5) is 0 Å². The Morgan fingerprint density at radius 2 is 2.00 bits per heavy atom. The molecular weight excluding hydrogens is 236 g/mol. The molecule has 19 heavy (non-hydrogen) atoms. The Kier molecular flexibility index (Phi) is 2.88. The fourth-order valence-corrected chi connectivity index (χ4v) is 4.93. The van der Waals surface area contributed by atoms with Gasteiger partial charge < -0.3 is 5.11 Å². The smallest absolute Gasteiger partial charge is 0.313 e. The standard InChI is InChI=1S/C17H24O2/c1-12-6-5-9-16(2)13(12)8-11-17(15(18)19)10-4-3-7-14(16)17/h7H,3-6,8-11H2,1-2H3,(H,18,19). The molecule has 2 nitrogen and oxygen atoms in total. The maximum absolute atomic E-state index is 12.0. The SMILES string of the molecule is CC1=C2CCC3(C(=O)O)CCCC=C3C2(C)CCC1. The van der Waals surface area contributed by atoms with Crippen molar-refractivity contribution >= 4 is 5.97 Å². The van der Waals surface area contributed by atoms with Crippen LogP contribution in [0.3, 0.4) is 0 Å². The molecule has 0 spiro atoms. The molecule has 0 aromatic carbocycles. The van der Waals surface area contributed by atoms with Gasteiger partial charge in [-0.05, 0) is 63.9 Å². The van der Waals surface area contributed by atoms with Gasteiger partial charge in [-0.2, -0.15) is 0 Å². The molecule has 1 saturated carbocycles. The third-order valence-corrected chi connectivity index (χ3v) is 5.89. The first-order valence-corrected chi connectivity index (χ1v) is 7.64. The van der Waals surface area contributed by atoms with Crippen molar-refractivity contribution in [3.8, 4) is 0 Å². The van der Waals surface area contributed by atoms with E-state index in [4.69, 9.17) is 0 Å². The van der Waals surface area contributed by atoms with Crippen LogP contribution < -0.4 is 0 Å². The number of aliphatic carboxylic acids is 1. The first kappa shape index (κ1) is 13.0. The van der Waals surface area contributed by atoms with E-state index in [1.165, 1.54) is 24.0 Å². The number of allylic oxidation sites excluding steroid dienone is 3. The first-order valence-electron chi connectivity index (χ1n) is 7.64. The number of carbonyl (C=O) groups is 1. The summed E-state index contributed by atoms with van der Waals surface area (Å²) in [5.41, 5.74) is 3.83. The van der Waals surface area contributed by atoms with E-state index in [1.54, 1.807) is 5.57 Å². The number of carboxylic acids is 1. The summed E-state index contributed by atoms with van der Waals surface area (Å²) in [7, 11) is 0. The Bertz CT molecular complexity index is 485. The van der Waals surface area contributed by atoms with Crippen LogP contribution in [0.1, 0.15) is 65.2 Å². The molecule has 3 rings (SSSR count). The van der Waals surface area contributed by atoms with Crippen molar-refractivity contribution in [1.82, 2.24) is 0 Å². The second kappa shape index (κ2) is 4.22. The molecule has 2 heteroatoms. The van der Waals surface area contributed by atoms with Crippen LogP contribution in [0.15, 0.2) is 22.8 Å². The Morgan fingerprint density at radius 1 is 1.21 bits per heavy atom. The summed E-state index contributed by atoms with van der Waals surface area (Å²) in [6, 6.07) is 0. The third-order valence-electron chi connectivity index (χ3n) is 5.89. The van der Waals surface area contributed by atoms with Gasteiger partial charge in [-0.25, -0.2) is 0 Å². The van der Waals surface area contributed by atoms with E-state index >= 15 is 0 Å². The minimum atomic E-state index is -0.582. The van der Waals surface area contributed by atoms with Gasteiger partial charge in [0.05, 0.1) is 5.41 Å². The summed E-state index contributed by atoms with van der Waals surface area (Å²) in [6.45, 7) is 4.56. The van der Waals surface area contributed by atoms with Crippen LogP contribution in [0.5, 0.6) is 0 Å². The van der Waals surface area contributed by atoms with Crippen LogP contribution in [0.2, 0.25) is 0 Å². The van der Waals surface area contributed by atoms with Crippen molar-refractivity contribution in [3.05, 3.63) is 22.8 Å². The molecule has 0 heterocycles. The van der Waals surface area contributed by atoms with E-state index in [2.05, 4.69) is 19.9 Å². The quantitative estimate of drug-likeness (QED) is 0.706. The van der Waals surface area contributed by atoms with E-state index in [9.17, 15) is 9.90 Å². The molecule has 0 radical (unpaired) electrons. The summed E-state index contributed by atoms with van der Waals surface area (Å²) in [5, 5.41) is 9.84. The average Bonchev–Trinajstić information content (AvgIpc) is 2.38. The van der Waals surface area contributed by atoms with Crippen LogP contribution >= 0.6 is 0 Å². The molecule has 3 aliphatic rings. The Morgan fingerprint density at radius 3 is 2.74 bits per heavy atom. The van der Waals surface area contributed by atoms with Gasteiger partial charge >= 0.3 is 5.97 Å². The molecule has 0 aliphatic heterocycles. The van der Waals surface area contributed by atoms with Gasteiger partial charge in [0.1, 0.15) is 0 Å². The van der Waals surface area contributed by atoms with E-state index < -0.39 is 11.4 Å². The lowest BCUT2D eigenvalue weighted by Gasteiger charge is -2.52. The minimum absolute atomic E-state index is 0.0411. The van der Waals surface area contributed by atoms with Gasteiger partial charge in [-0.3, -0.25) is 4.79 Å². The van der Waals surface area contributed by atoms with E-state index in [1.807, 2.05) is 0 Å². The van der Waals surface area contributed by atoms with E-state index in [-0.39, 0.29) is 5.41 Å². The van der Waals surface area contributed by atoms with Crippen molar-refractivity contribution in [1.29, 1.82) is 0 Å². The molecule has 2 unspecified atom stereocenters. The maximum atomic E-state index is 12.0. The van der Waals surface area contributed by atoms with Crippen molar-refractivity contribution in [2.45, 2.75) is 65.2 Å². The minimum Gasteiger partial charge on any atom is -0.481 e. The van der Waals surface area contributed by atoms with Gasteiger partial charge in [0.15, 0.2) is 0 Å². The second-order valence-electron chi connectivity index (χ2n) is 6.84. The fraction of sp³-hybridized carbons (Fsp3) is 0.706. The van der Waals surface area contributed by atoms with E-state index in [0.717, 1.165) is 38.5 Å². The molecule has 104 valence electrons. The molecule has 0 saturated heterocycles. The molecule has 0 aromatic rings. The Balaban J connectivity index is 2.15. The molecule has 1 N–H and O–H groups in total. The summed E-state index contributed by atoms with van der Waals surface area (Å²) < 4.78 is 0. The van der Waals surface area contributed by atoms with E-state index in [0.29, 0.717) is 0 Å². The molecule has 0 bridgehead atoms. The van der Waals surface area contributed by atoms with Gasteiger partial charge in [0, 0.05) is 5.41 Å². The largest absolute Gasteiger partial charge is 0.481 e. The summed E-state index contributed by atoms with van der Waals surface area (Å²) in [6.07, 6.45) is 10.6. The van der Waals surface area contributed by atoms with Crippen molar-refractivity contribution in [2.75, 3.05) is 0 Å². The molecule has 2 atom stereocenters. The summed E-state index contributed by atoms with van der Waals surface area (Å²) in [5.74, 6) is -0.582. The van der Waals surface area contributed by atoms with Crippen molar-refractivity contribution < 1.29 is 9.90 Å². The highest BCUT2D eigenvalue weighted by atomic mass is 16.4. The molecular formula is C17H24O2. The van der Waals surface area contributed by atoms with Crippen molar-refractivity contribution in [3.63, 3.8) is 0 Å². The lowest BCUT2D eigenvalue weighted by Crippen LogP contribution is -2.46. The van der Waals surface area contributed by atoms with Crippen LogP contribution in [0.25, 0.3) is 0 Å². The zero-order valence-corrected chi connectivity index (χ0v) is 12.1. The van der Waals surface area contributed by atoms with Gasteiger partial charge in [-0.1, -0.05) is 24.1 Å². The monoisotopic (exact) mass is 260 g/mol. The van der Waals surface area contributed by atoms with Gasteiger partial charge in [0.2, 0.25) is 0 Å². The van der Waals surface area contributed by atoms with Crippen molar-refractivity contribution in [2.24, 2.45) is 10.8 Å². The predicted molar refractivity (Wildman–Crippen MR) is 75.9 cm³/mol. The molecule has 1 fully saturated rings. The number of fused-ring (bicyclic) bond motifs is 3. The number of hydrogen-bond acceptors (Lipinski definition) is 1. The molecule has 0 aromatic heterocycles.